The summed E-state index contributed by atoms with van der Waals surface area (Å²) in [5.74, 6) is -2.20. The van der Waals surface area contributed by atoms with E-state index in [1.807, 2.05) is 0 Å². The van der Waals surface area contributed by atoms with Gasteiger partial charge in [-0.3, -0.25) is 19.3 Å². The first-order chi connectivity index (χ1) is 17.0. The van der Waals surface area contributed by atoms with Crippen LogP contribution >= 0.6 is 0 Å². The summed E-state index contributed by atoms with van der Waals surface area (Å²) in [4.78, 5) is 43.4. The number of carbonyl (C=O) groups excluding carboxylic acids is 3. The first-order valence-corrected chi connectivity index (χ1v) is 11.3. The fourth-order valence-electron chi connectivity index (χ4n) is 4.73. The van der Waals surface area contributed by atoms with Crippen LogP contribution in [0.15, 0.2) is 42.5 Å². The molecule has 3 amide bonds. The minimum Gasteiger partial charge on any atom is -0.340 e. The largest absolute Gasteiger partial charge is 0.416 e. The first kappa shape index (κ1) is 25.2. The van der Waals surface area contributed by atoms with Crippen molar-refractivity contribution >= 4 is 23.4 Å². The van der Waals surface area contributed by atoms with E-state index in [4.69, 9.17) is 5.26 Å². The van der Waals surface area contributed by atoms with Gasteiger partial charge in [-0.05, 0) is 42.3 Å². The normalized spacial score (nSPS) is 20.3. The van der Waals surface area contributed by atoms with Crippen molar-refractivity contribution in [1.82, 2.24) is 9.80 Å². The number of piperazine rings is 1. The monoisotopic (exact) mass is 502 g/mol. The van der Waals surface area contributed by atoms with Gasteiger partial charge in [0.15, 0.2) is 0 Å². The average Bonchev–Trinajstić information content (AvgIpc) is 3.30. The SMILES string of the molecule is CCC(=O)N1CC[C@]2(C1)C(=O)N(c1ccc(C#N)cc1F)CC(=O)N2Cc1ccc(C(F)(F)F)cc1. The fraction of sp³-hybridized carbons (Fsp3) is 0.360. The van der Waals surface area contributed by atoms with Gasteiger partial charge in [-0.1, -0.05) is 19.1 Å². The number of anilines is 1. The lowest BCUT2D eigenvalue weighted by atomic mass is 9.89. The van der Waals surface area contributed by atoms with E-state index in [-0.39, 0.29) is 49.6 Å². The van der Waals surface area contributed by atoms with Crippen LogP contribution in [0, 0.1) is 17.1 Å². The summed E-state index contributed by atoms with van der Waals surface area (Å²) >= 11 is 0. The second-order valence-electron chi connectivity index (χ2n) is 8.79. The van der Waals surface area contributed by atoms with Crippen LogP contribution in [0.25, 0.3) is 0 Å². The molecule has 2 heterocycles. The molecule has 4 rings (SSSR count). The van der Waals surface area contributed by atoms with Gasteiger partial charge in [0, 0.05) is 19.5 Å². The number of carbonyl (C=O) groups is 3. The summed E-state index contributed by atoms with van der Waals surface area (Å²) in [6, 6.07) is 9.64. The molecule has 188 valence electrons. The number of alkyl halides is 3. The molecule has 7 nitrogen and oxygen atoms in total. The minimum absolute atomic E-state index is 0.0475. The number of rotatable bonds is 4. The summed E-state index contributed by atoms with van der Waals surface area (Å²) < 4.78 is 53.7. The number of likely N-dealkylation sites (tertiary alicyclic amines) is 1. The third-order valence-electron chi connectivity index (χ3n) is 6.65. The summed E-state index contributed by atoms with van der Waals surface area (Å²) in [6.45, 7) is 1.10. The number of halogens is 4. The van der Waals surface area contributed by atoms with Crippen LogP contribution in [0.3, 0.4) is 0 Å². The Morgan fingerprint density at radius 2 is 1.83 bits per heavy atom. The molecule has 0 N–H and O–H groups in total. The van der Waals surface area contributed by atoms with E-state index in [1.165, 1.54) is 34.1 Å². The van der Waals surface area contributed by atoms with Crippen molar-refractivity contribution in [3.63, 3.8) is 0 Å². The summed E-state index contributed by atoms with van der Waals surface area (Å²) in [6.07, 6.45) is -4.24. The number of amides is 3. The molecule has 2 saturated heterocycles. The van der Waals surface area contributed by atoms with Crippen LogP contribution in [-0.2, 0) is 27.1 Å². The Morgan fingerprint density at radius 1 is 1.14 bits per heavy atom. The van der Waals surface area contributed by atoms with Crippen LogP contribution in [0.1, 0.15) is 36.5 Å². The van der Waals surface area contributed by atoms with Gasteiger partial charge in [-0.15, -0.1) is 0 Å². The van der Waals surface area contributed by atoms with Gasteiger partial charge < -0.3 is 9.80 Å². The van der Waals surface area contributed by atoms with Crippen LogP contribution in [0.4, 0.5) is 23.2 Å². The molecule has 2 aliphatic heterocycles. The molecule has 0 radical (unpaired) electrons. The van der Waals surface area contributed by atoms with Gasteiger partial charge in [0.25, 0.3) is 5.91 Å². The maximum atomic E-state index is 14.8. The predicted octanol–water partition coefficient (Wildman–Crippen LogP) is 3.47. The zero-order chi connectivity index (χ0) is 26.3. The number of nitrogens with zero attached hydrogens (tertiary/aromatic N) is 4. The van der Waals surface area contributed by atoms with Gasteiger partial charge in [-0.2, -0.15) is 18.4 Å². The van der Waals surface area contributed by atoms with Crippen LogP contribution in [0.2, 0.25) is 0 Å². The maximum Gasteiger partial charge on any atom is 0.416 e. The molecule has 0 aliphatic carbocycles. The van der Waals surface area contributed by atoms with Crippen molar-refractivity contribution < 1.29 is 31.9 Å². The van der Waals surface area contributed by atoms with Crippen molar-refractivity contribution in [3.8, 4) is 6.07 Å². The molecule has 2 aromatic rings. The van der Waals surface area contributed by atoms with Gasteiger partial charge in [-0.25, -0.2) is 4.39 Å². The third kappa shape index (κ3) is 4.39. The zero-order valence-corrected chi connectivity index (χ0v) is 19.3. The van der Waals surface area contributed by atoms with E-state index < -0.39 is 41.5 Å². The highest BCUT2D eigenvalue weighted by Gasteiger charge is 2.57. The van der Waals surface area contributed by atoms with E-state index in [0.717, 1.165) is 23.1 Å². The first-order valence-electron chi connectivity index (χ1n) is 11.3. The smallest absolute Gasteiger partial charge is 0.340 e. The maximum absolute atomic E-state index is 14.8. The highest BCUT2D eigenvalue weighted by atomic mass is 19.4. The van der Waals surface area contributed by atoms with E-state index in [1.54, 1.807) is 13.0 Å². The van der Waals surface area contributed by atoms with Crippen molar-refractivity contribution in [1.29, 1.82) is 5.26 Å². The van der Waals surface area contributed by atoms with E-state index >= 15 is 0 Å². The van der Waals surface area contributed by atoms with E-state index in [0.29, 0.717) is 5.56 Å². The highest BCUT2D eigenvalue weighted by molar-refractivity contribution is 6.10. The summed E-state index contributed by atoms with van der Waals surface area (Å²) in [5, 5.41) is 9.01. The molecule has 0 saturated carbocycles. The average molecular weight is 502 g/mol. The number of hydrogen-bond acceptors (Lipinski definition) is 4. The lowest BCUT2D eigenvalue weighted by Crippen LogP contribution is -2.69. The second kappa shape index (κ2) is 9.26. The molecule has 0 aromatic heterocycles. The Balaban J connectivity index is 1.71. The summed E-state index contributed by atoms with van der Waals surface area (Å²) in [5.41, 5.74) is -2.09. The Morgan fingerprint density at radius 3 is 2.42 bits per heavy atom. The number of benzene rings is 2. The van der Waals surface area contributed by atoms with E-state index in [9.17, 15) is 31.9 Å². The Hall–Kier alpha value is -3.94. The molecule has 36 heavy (non-hydrogen) atoms. The Kier molecular flexibility index (Phi) is 6.47. The number of hydrogen-bond donors (Lipinski definition) is 0. The highest BCUT2D eigenvalue weighted by Crippen LogP contribution is 2.38. The van der Waals surface area contributed by atoms with E-state index in [2.05, 4.69) is 0 Å². The lowest BCUT2D eigenvalue weighted by Gasteiger charge is -2.47. The fourth-order valence-corrected chi connectivity index (χ4v) is 4.73. The molecular formula is C25H22F4N4O3. The summed E-state index contributed by atoms with van der Waals surface area (Å²) in [7, 11) is 0. The minimum atomic E-state index is -4.52. The topological polar surface area (TPSA) is 84.7 Å². The molecule has 0 bridgehead atoms. The van der Waals surface area contributed by atoms with Gasteiger partial charge in [0.1, 0.15) is 17.9 Å². The van der Waals surface area contributed by atoms with Crippen molar-refractivity contribution in [2.45, 2.75) is 38.0 Å². The van der Waals surface area contributed by atoms with Crippen molar-refractivity contribution in [2.24, 2.45) is 0 Å². The molecule has 1 spiro atoms. The van der Waals surface area contributed by atoms with Gasteiger partial charge >= 0.3 is 6.18 Å². The van der Waals surface area contributed by atoms with Crippen LogP contribution < -0.4 is 4.90 Å². The van der Waals surface area contributed by atoms with Gasteiger partial charge in [0.05, 0.1) is 29.4 Å². The molecule has 2 aromatic carbocycles. The standard InChI is InChI=1S/C25H22F4N4O3/c1-2-21(34)31-10-9-24(15-31)23(36)32(20-8-5-17(12-30)11-19(20)26)14-22(35)33(24)13-16-3-6-18(7-4-16)25(27,28)29/h3-8,11H,2,9-10,13-15H2,1H3/t24-/m0/s1. The van der Waals surface area contributed by atoms with Crippen LogP contribution in [0.5, 0.6) is 0 Å². The molecule has 0 unspecified atom stereocenters. The molecular weight excluding hydrogens is 480 g/mol. The predicted molar refractivity (Wildman–Crippen MR) is 120 cm³/mol. The quantitative estimate of drug-likeness (QED) is 0.600. The Labute approximate surface area is 204 Å². The molecule has 2 fully saturated rings. The van der Waals surface area contributed by atoms with Crippen molar-refractivity contribution in [3.05, 3.63) is 65.0 Å². The molecule has 1 atom stereocenters. The lowest BCUT2D eigenvalue weighted by molar-refractivity contribution is -0.151. The zero-order valence-electron chi connectivity index (χ0n) is 19.3. The second-order valence-corrected chi connectivity index (χ2v) is 8.79. The molecule has 11 heteroatoms. The van der Waals surface area contributed by atoms with Crippen molar-refractivity contribution in [2.75, 3.05) is 24.5 Å². The Bertz CT molecular complexity index is 1260. The third-order valence-corrected chi connectivity index (χ3v) is 6.65. The van der Waals surface area contributed by atoms with Gasteiger partial charge in [0.2, 0.25) is 11.8 Å². The van der Waals surface area contributed by atoms with Crippen LogP contribution in [-0.4, -0.2) is 52.7 Å². The number of nitriles is 1. The molecule has 2 aliphatic rings.